The molecule has 0 saturated carbocycles. The third kappa shape index (κ3) is 3.69. The van der Waals surface area contributed by atoms with Crippen LogP contribution >= 0.6 is 0 Å². The fraction of sp³-hybridized carbons (Fsp3) is 0.364. The molecule has 7 heteroatoms. The van der Waals surface area contributed by atoms with Crippen molar-refractivity contribution >= 4 is 5.91 Å². The van der Waals surface area contributed by atoms with Crippen molar-refractivity contribution in [3.8, 4) is 0 Å². The summed E-state index contributed by atoms with van der Waals surface area (Å²) >= 11 is 0. The summed E-state index contributed by atoms with van der Waals surface area (Å²) in [5.41, 5.74) is -1.81. The maximum Gasteiger partial charge on any atom is 0.416 e. The maximum absolute atomic E-state index is 13.2. The molecule has 2 N–H and O–H groups in total. The monoisotopic (exact) mass is 265 g/mol. The first-order chi connectivity index (χ1) is 8.21. The average molecular weight is 265 g/mol. The molecule has 0 bridgehead atoms. The quantitative estimate of drug-likeness (QED) is 0.821. The highest BCUT2D eigenvalue weighted by Crippen LogP contribution is 2.30. The van der Waals surface area contributed by atoms with Crippen LogP contribution in [0.25, 0.3) is 0 Å². The van der Waals surface area contributed by atoms with Gasteiger partial charge < -0.3 is 10.4 Å². The molecule has 0 aromatic heterocycles. The standard InChI is InChI=1S/C11H11F4NO2/c1-6(17)5-16-10(18)8-4-7(11(13,14)15)2-3-9(8)12/h2-4,6,17H,5H2,1H3,(H,16,18). The van der Waals surface area contributed by atoms with E-state index >= 15 is 0 Å². The summed E-state index contributed by atoms with van der Waals surface area (Å²) in [4.78, 5) is 11.4. The number of amides is 1. The number of aliphatic hydroxyl groups is 1. The van der Waals surface area contributed by atoms with Crippen molar-refractivity contribution in [3.63, 3.8) is 0 Å². The van der Waals surface area contributed by atoms with Gasteiger partial charge in [0, 0.05) is 6.54 Å². The highest BCUT2D eigenvalue weighted by Gasteiger charge is 2.31. The number of alkyl halides is 3. The fourth-order valence-electron chi connectivity index (χ4n) is 1.21. The normalized spacial score (nSPS) is 13.2. The number of carbonyl (C=O) groups excluding carboxylic acids is 1. The van der Waals surface area contributed by atoms with Crippen molar-refractivity contribution in [2.45, 2.75) is 19.2 Å². The smallest absolute Gasteiger partial charge is 0.392 e. The lowest BCUT2D eigenvalue weighted by atomic mass is 10.1. The first-order valence-electron chi connectivity index (χ1n) is 5.05. The molecule has 0 saturated heterocycles. The molecule has 1 amide bonds. The van der Waals surface area contributed by atoms with E-state index in [1.54, 1.807) is 0 Å². The van der Waals surface area contributed by atoms with Gasteiger partial charge in [0.25, 0.3) is 5.91 Å². The molecule has 1 aromatic carbocycles. The average Bonchev–Trinajstić information content (AvgIpc) is 2.24. The molecule has 0 heterocycles. The van der Waals surface area contributed by atoms with E-state index in [0.29, 0.717) is 18.2 Å². The van der Waals surface area contributed by atoms with E-state index in [4.69, 9.17) is 5.11 Å². The zero-order valence-electron chi connectivity index (χ0n) is 9.38. The van der Waals surface area contributed by atoms with E-state index in [-0.39, 0.29) is 6.54 Å². The van der Waals surface area contributed by atoms with Gasteiger partial charge in [-0.2, -0.15) is 13.2 Å². The van der Waals surface area contributed by atoms with Gasteiger partial charge in [-0.25, -0.2) is 4.39 Å². The van der Waals surface area contributed by atoms with Crippen molar-refractivity contribution in [3.05, 3.63) is 35.1 Å². The lowest BCUT2D eigenvalue weighted by Gasteiger charge is -2.11. The summed E-state index contributed by atoms with van der Waals surface area (Å²) in [6.45, 7) is 1.21. The topological polar surface area (TPSA) is 49.3 Å². The van der Waals surface area contributed by atoms with E-state index in [2.05, 4.69) is 5.32 Å². The summed E-state index contributed by atoms with van der Waals surface area (Å²) in [7, 11) is 0. The molecule has 1 aromatic rings. The Hall–Kier alpha value is -1.63. The van der Waals surface area contributed by atoms with E-state index in [1.165, 1.54) is 6.92 Å². The van der Waals surface area contributed by atoms with Crippen LogP contribution in [0.15, 0.2) is 18.2 Å². The molecule has 3 nitrogen and oxygen atoms in total. The molecule has 0 aliphatic heterocycles. The van der Waals surface area contributed by atoms with Crippen LogP contribution in [-0.2, 0) is 6.18 Å². The molecule has 1 unspecified atom stereocenters. The Balaban J connectivity index is 2.97. The second-order valence-corrected chi connectivity index (χ2v) is 3.75. The Morgan fingerprint density at radius 1 is 1.44 bits per heavy atom. The van der Waals surface area contributed by atoms with Crippen LogP contribution in [0.1, 0.15) is 22.8 Å². The van der Waals surface area contributed by atoms with Crippen molar-refractivity contribution in [2.75, 3.05) is 6.54 Å². The third-order valence-corrected chi connectivity index (χ3v) is 2.10. The van der Waals surface area contributed by atoms with Gasteiger partial charge in [-0.3, -0.25) is 4.79 Å². The Bertz CT molecular complexity index is 443. The second-order valence-electron chi connectivity index (χ2n) is 3.75. The molecule has 0 radical (unpaired) electrons. The largest absolute Gasteiger partial charge is 0.416 e. The molecule has 100 valence electrons. The predicted octanol–water partition coefficient (Wildman–Crippen LogP) is 1.96. The lowest BCUT2D eigenvalue weighted by molar-refractivity contribution is -0.137. The Kier molecular flexibility index (Phi) is 4.28. The minimum Gasteiger partial charge on any atom is -0.392 e. The van der Waals surface area contributed by atoms with Gasteiger partial charge in [-0.15, -0.1) is 0 Å². The van der Waals surface area contributed by atoms with Gasteiger partial charge in [0.1, 0.15) is 5.82 Å². The zero-order valence-corrected chi connectivity index (χ0v) is 9.38. The van der Waals surface area contributed by atoms with Crippen LogP contribution < -0.4 is 5.32 Å². The summed E-state index contributed by atoms with van der Waals surface area (Å²) in [6.07, 6.45) is -5.52. The van der Waals surface area contributed by atoms with Crippen LogP contribution in [0, 0.1) is 5.82 Å². The van der Waals surface area contributed by atoms with Crippen LogP contribution in [0.4, 0.5) is 17.6 Å². The molecule has 18 heavy (non-hydrogen) atoms. The number of rotatable bonds is 3. The molecule has 0 fully saturated rings. The second kappa shape index (κ2) is 5.34. The van der Waals surface area contributed by atoms with Crippen molar-refractivity contribution in [1.29, 1.82) is 0 Å². The van der Waals surface area contributed by atoms with Gasteiger partial charge in [0.15, 0.2) is 0 Å². The van der Waals surface area contributed by atoms with Gasteiger partial charge in [-0.1, -0.05) is 0 Å². The number of hydrogen-bond donors (Lipinski definition) is 2. The van der Waals surface area contributed by atoms with Crippen LogP contribution in [0.5, 0.6) is 0 Å². The molecule has 1 rings (SSSR count). The summed E-state index contributed by atoms with van der Waals surface area (Å²) in [5, 5.41) is 11.0. The summed E-state index contributed by atoms with van der Waals surface area (Å²) in [6, 6.07) is 1.58. The summed E-state index contributed by atoms with van der Waals surface area (Å²) < 4.78 is 50.4. The molecule has 0 aliphatic rings. The number of carbonyl (C=O) groups is 1. The van der Waals surface area contributed by atoms with Gasteiger partial charge in [0.05, 0.1) is 17.2 Å². The minimum absolute atomic E-state index is 0.172. The lowest BCUT2D eigenvalue weighted by Crippen LogP contribution is -2.31. The first kappa shape index (κ1) is 14.4. The van der Waals surface area contributed by atoms with Gasteiger partial charge >= 0.3 is 6.18 Å². The molecule has 0 spiro atoms. The summed E-state index contributed by atoms with van der Waals surface area (Å²) in [5.74, 6) is -2.05. The van der Waals surface area contributed by atoms with Crippen molar-refractivity contribution < 1.29 is 27.5 Å². The van der Waals surface area contributed by atoms with Gasteiger partial charge in [0.2, 0.25) is 0 Å². The van der Waals surface area contributed by atoms with E-state index in [0.717, 1.165) is 0 Å². The van der Waals surface area contributed by atoms with Crippen LogP contribution in [0.3, 0.4) is 0 Å². The van der Waals surface area contributed by atoms with E-state index < -0.39 is 35.1 Å². The zero-order chi connectivity index (χ0) is 13.9. The maximum atomic E-state index is 13.2. The minimum atomic E-state index is -4.65. The third-order valence-electron chi connectivity index (χ3n) is 2.10. The first-order valence-corrected chi connectivity index (χ1v) is 5.05. The number of halogens is 4. The number of nitrogens with one attached hydrogen (secondary N) is 1. The van der Waals surface area contributed by atoms with Crippen molar-refractivity contribution in [2.24, 2.45) is 0 Å². The van der Waals surface area contributed by atoms with Crippen LogP contribution in [-0.4, -0.2) is 23.7 Å². The Morgan fingerprint density at radius 2 is 2.06 bits per heavy atom. The molecule has 0 aliphatic carbocycles. The van der Waals surface area contributed by atoms with Crippen molar-refractivity contribution in [1.82, 2.24) is 5.32 Å². The van der Waals surface area contributed by atoms with Gasteiger partial charge in [-0.05, 0) is 25.1 Å². The number of aliphatic hydroxyl groups excluding tert-OH is 1. The Labute approximate surface area is 100 Å². The molecule has 1 atom stereocenters. The SMILES string of the molecule is CC(O)CNC(=O)c1cc(C(F)(F)F)ccc1F. The number of benzene rings is 1. The van der Waals surface area contributed by atoms with Crippen LogP contribution in [0.2, 0.25) is 0 Å². The molecular formula is C11H11F4NO2. The highest BCUT2D eigenvalue weighted by molar-refractivity contribution is 5.94. The Morgan fingerprint density at radius 3 is 2.56 bits per heavy atom. The van der Waals surface area contributed by atoms with E-state index in [9.17, 15) is 22.4 Å². The molecular weight excluding hydrogens is 254 g/mol. The predicted molar refractivity (Wildman–Crippen MR) is 55.4 cm³/mol. The highest BCUT2D eigenvalue weighted by atomic mass is 19.4. The number of hydrogen-bond acceptors (Lipinski definition) is 2. The van der Waals surface area contributed by atoms with E-state index in [1.807, 2.05) is 0 Å². The fourth-order valence-corrected chi connectivity index (χ4v) is 1.21.